The van der Waals surface area contributed by atoms with E-state index in [0.717, 1.165) is 52.6 Å². The summed E-state index contributed by atoms with van der Waals surface area (Å²) in [6.45, 7) is 0. The first-order valence-corrected chi connectivity index (χ1v) is 20.4. The number of nitrogens with zero attached hydrogens (tertiary/aromatic N) is 2. The molecular formula is C53H46N2. The minimum Gasteiger partial charge on any atom is -0.310 e. The van der Waals surface area contributed by atoms with Crippen molar-refractivity contribution in [1.82, 2.24) is 0 Å². The second-order valence-electron chi connectivity index (χ2n) is 16.9. The summed E-state index contributed by atoms with van der Waals surface area (Å²) in [6, 6.07) is 65.4. The predicted molar refractivity (Wildman–Crippen MR) is 229 cm³/mol. The molecule has 5 aliphatic rings. The van der Waals surface area contributed by atoms with Gasteiger partial charge in [0.25, 0.3) is 0 Å². The van der Waals surface area contributed by atoms with Gasteiger partial charge in [-0.2, -0.15) is 0 Å². The fourth-order valence-corrected chi connectivity index (χ4v) is 11.4. The van der Waals surface area contributed by atoms with Crippen LogP contribution in [0.3, 0.4) is 0 Å². The van der Waals surface area contributed by atoms with Gasteiger partial charge in [-0.15, -0.1) is 0 Å². The topological polar surface area (TPSA) is 6.48 Å². The van der Waals surface area contributed by atoms with Gasteiger partial charge in [-0.05, 0) is 174 Å². The van der Waals surface area contributed by atoms with E-state index in [9.17, 15) is 0 Å². The zero-order valence-corrected chi connectivity index (χ0v) is 31.3. The number of benzene rings is 7. The molecule has 0 aromatic heterocycles. The van der Waals surface area contributed by atoms with Gasteiger partial charge in [0.15, 0.2) is 0 Å². The summed E-state index contributed by atoms with van der Waals surface area (Å²) in [7, 11) is 0. The normalized spacial score (nSPS) is 21.6. The van der Waals surface area contributed by atoms with Gasteiger partial charge in [0.2, 0.25) is 0 Å². The maximum atomic E-state index is 2.49. The first kappa shape index (κ1) is 32.6. The predicted octanol–water partition coefficient (Wildman–Crippen LogP) is 14.3. The molecule has 0 amide bonds. The average molecular weight is 711 g/mol. The summed E-state index contributed by atoms with van der Waals surface area (Å²) in [5, 5.41) is 0. The van der Waals surface area contributed by atoms with Crippen molar-refractivity contribution in [3.05, 3.63) is 193 Å². The number of para-hydroxylation sites is 1. The van der Waals surface area contributed by atoms with Crippen molar-refractivity contribution in [2.45, 2.75) is 50.4 Å². The Bertz CT molecular complexity index is 2460. The van der Waals surface area contributed by atoms with E-state index in [4.69, 9.17) is 0 Å². The third kappa shape index (κ3) is 5.78. The van der Waals surface area contributed by atoms with Gasteiger partial charge in [0.1, 0.15) is 0 Å². The fraction of sp³-hybridized carbons (Fsp3) is 0.208. The van der Waals surface area contributed by atoms with Crippen LogP contribution in [0, 0.1) is 17.8 Å². The van der Waals surface area contributed by atoms with Crippen LogP contribution in [0.25, 0.3) is 22.3 Å². The third-order valence-electron chi connectivity index (χ3n) is 13.4. The van der Waals surface area contributed by atoms with Crippen LogP contribution in [-0.4, -0.2) is 0 Å². The monoisotopic (exact) mass is 710 g/mol. The summed E-state index contributed by atoms with van der Waals surface area (Å²) >= 11 is 0. The van der Waals surface area contributed by atoms with Crippen LogP contribution in [0.2, 0.25) is 0 Å². The summed E-state index contributed by atoms with van der Waals surface area (Å²) in [6.07, 6.45) is 9.55. The summed E-state index contributed by atoms with van der Waals surface area (Å²) in [4.78, 5) is 4.88. The molecule has 0 saturated heterocycles. The van der Waals surface area contributed by atoms with E-state index in [1.807, 2.05) is 0 Å². The molecule has 0 atom stereocenters. The molecule has 4 bridgehead atoms. The van der Waals surface area contributed by atoms with E-state index in [0.29, 0.717) is 5.41 Å². The molecule has 0 heterocycles. The molecule has 2 nitrogen and oxygen atoms in total. The van der Waals surface area contributed by atoms with Crippen molar-refractivity contribution in [1.29, 1.82) is 0 Å². The fourth-order valence-electron chi connectivity index (χ4n) is 11.4. The molecule has 0 spiro atoms. The van der Waals surface area contributed by atoms with Gasteiger partial charge >= 0.3 is 0 Å². The minimum atomic E-state index is 0.373. The maximum absolute atomic E-state index is 2.49. The van der Waals surface area contributed by atoms with Crippen LogP contribution in [0.1, 0.15) is 55.2 Å². The van der Waals surface area contributed by atoms with Crippen molar-refractivity contribution in [2.75, 3.05) is 9.80 Å². The van der Waals surface area contributed by atoms with Gasteiger partial charge < -0.3 is 9.80 Å². The maximum Gasteiger partial charge on any atom is 0.0482 e. The lowest BCUT2D eigenvalue weighted by atomic mass is 9.48. The van der Waals surface area contributed by atoms with Gasteiger partial charge in [-0.3, -0.25) is 0 Å². The Labute approximate surface area is 325 Å². The van der Waals surface area contributed by atoms with Gasteiger partial charge in [-0.1, -0.05) is 109 Å². The smallest absolute Gasteiger partial charge is 0.0482 e. The van der Waals surface area contributed by atoms with E-state index in [1.165, 1.54) is 77.6 Å². The molecule has 4 saturated carbocycles. The molecule has 0 aliphatic heterocycles. The Morgan fingerprint density at radius 1 is 0.364 bits per heavy atom. The van der Waals surface area contributed by atoms with Crippen molar-refractivity contribution in [3.8, 4) is 22.3 Å². The summed E-state index contributed by atoms with van der Waals surface area (Å²) in [5.41, 5.74) is 16.8. The molecule has 4 fully saturated rings. The van der Waals surface area contributed by atoms with Crippen LogP contribution in [0.5, 0.6) is 0 Å². The van der Waals surface area contributed by atoms with Gasteiger partial charge in [0, 0.05) is 34.1 Å². The van der Waals surface area contributed by atoms with E-state index in [-0.39, 0.29) is 0 Å². The highest BCUT2D eigenvalue weighted by Crippen LogP contribution is 2.61. The minimum absolute atomic E-state index is 0.373. The standard InChI is InChI=1S/C53H46N2/c1-3-11-40(12-4-1)41-14-9-17-47(31-41)55(46-25-22-44(23-26-46)53-34-37-27-38(35-53)29-39(28-37)36-53)49-19-10-18-48(32-49)54(45-15-5-2-6-16-45)50-24-21-43-30-42-13-7-8-20-51(42)52(43)33-50/h1-26,31-33,37-39H,27-30,34-36H2. The average Bonchev–Trinajstić information content (AvgIpc) is 3.60. The molecule has 55 heavy (non-hydrogen) atoms. The van der Waals surface area contributed by atoms with Crippen LogP contribution < -0.4 is 9.80 Å². The van der Waals surface area contributed by atoms with E-state index >= 15 is 0 Å². The molecule has 0 N–H and O–H groups in total. The molecule has 12 rings (SSSR count). The molecule has 5 aliphatic carbocycles. The Morgan fingerprint density at radius 3 is 1.55 bits per heavy atom. The van der Waals surface area contributed by atoms with E-state index in [1.54, 1.807) is 5.56 Å². The van der Waals surface area contributed by atoms with Crippen LogP contribution >= 0.6 is 0 Å². The van der Waals surface area contributed by atoms with Gasteiger partial charge in [-0.25, -0.2) is 0 Å². The number of hydrogen-bond donors (Lipinski definition) is 0. The van der Waals surface area contributed by atoms with Gasteiger partial charge in [0.05, 0.1) is 0 Å². The molecule has 7 aromatic carbocycles. The molecule has 0 unspecified atom stereocenters. The highest BCUT2D eigenvalue weighted by Gasteiger charge is 2.51. The lowest BCUT2D eigenvalue weighted by molar-refractivity contribution is -0.00518. The molecule has 268 valence electrons. The number of anilines is 6. The highest BCUT2D eigenvalue weighted by atomic mass is 15.2. The first-order valence-electron chi connectivity index (χ1n) is 20.4. The van der Waals surface area contributed by atoms with Crippen molar-refractivity contribution < 1.29 is 0 Å². The zero-order valence-electron chi connectivity index (χ0n) is 31.3. The quantitative estimate of drug-likeness (QED) is 0.155. The Hall–Kier alpha value is -5.86. The van der Waals surface area contributed by atoms with Crippen LogP contribution in [0.15, 0.2) is 176 Å². The van der Waals surface area contributed by atoms with Crippen molar-refractivity contribution >= 4 is 34.1 Å². The Kier molecular flexibility index (Phi) is 7.79. The first-order chi connectivity index (χ1) is 27.2. The largest absolute Gasteiger partial charge is 0.310 e. The summed E-state index contributed by atoms with van der Waals surface area (Å²) < 4.78 is 0. The SMILES string of the molecule is c1ccc(-c2cccc(N(c3ccc(C45CC6CC(CC(C6)C4)C5)cc3)c3cccc(N(c4ccccc4)c4ccc5c(c4)-c4ccccc4C5)c3)c2)cc1. The van der Waals surface area contributed by atoms with E-state index in [2.05, 4.69) is 186 Å². The number of hydrogen-bond acceptors (Lipinski definition) is 2. The Morgan fingerprint density at radius 2 is 0.855 bits per heavy atom. The van der Waals surface area contributed by atoms with Crippen molar-refractivity contribution in [3.63, 3.8) is 0 Å². The van der Waals surface area contributed by atoms with E-state index < -0.39 is 0 Å². The molecule has 7 aromatic rings. The molecule has 0 radical (unpaired) electrons. The Balaban J connectivity index is 1.03. The highest BCUT2D eigenvalue weighted by molar-refractivity contribution is 5.87. The number of rotatable bonds is 8. The molecular weight excluding hydrogens is 665 g/mol. The zero-order chi connectivity index (χ0) is 36.3. The van der Waals surface area contributed by atoms with Crippen LogP contribution in [-0.2, 0) is 11.8 Å². The summed E-state index contributed by atoms with van der Waals surface area (Å²) in [5.74, 6) is 2.79. The third-order valence-corrected chi connectivity index (χ3v) is 13.4. The molecule has 2 heteroatoms. The number of fused-ring (bicyclic) bond motifs is 3. The second kappa shape index (κ2) is 13.2. The lowest BCUT2D eigenvalue weighted by Crippen LogP contribution is -2.48. The van der Waals surface area contributed by atoms with Crippen molar-refractivity contribution in [2.24, 2.45) is 17.8 Å². The van der Waals surface area contributed by atoms with Crippen LogP contribution in [0.4, 0.5) is 34.1 Å². The second-order valence-corrected chi connectivity index (χ2v) is 16.9. The lowest BCUT2D eigenvalue weighted by Gasteiger charge is -2.57.